The Balaban J connectivity index is 2.03. The molecule has 5 atom stereocenters. The van der Waals surface area contributed by atoms with Crippen molar-refractivity contribution in [1.82, 2.24) is 4.98 Å². The molecule has 1 N–H and O–H groups in total. The van der Waals surface area contributed by atoms with Gasteiger partial charge >= 0.3 is 6.18 Å². The van der Waals surface area contributed by atoms with Crippen LogP contribution in [0.2, 0.25) is 0 Å². The van der Waals surface area contributed by atoms with Crippen molar-refractivity contribution in [3.8, 4) is 0 Å². The van der Waals surface area contributed by atoms with Crippen LogP contribution in [0.1, 0.15) is 27.2 Å². The smallest absolute Gasteiger partial charge is 0.417 e. The van der Waals surface area contributed by atoms with E-state index in [-0.39, 0.29) is 23.7 Å². The molecule has 0 spiro atoms. The van der Waals surface area contributed by atoms with E-state index >= 15 is 0 Å². The van der Waals surface area contributed by atoms with Gasteiger partial charge in [-0.1, -0.05) is 6.92 Å². The summed E-state index contributed by atoms with van der Waals surface area (Å²) in [5.74, 6) is -7.73. The number of nitrogens with zero attached hydrogens (tertiary/aromatic N) is 1. The molecule has 1 unspecified atom stereocenters. The van der Waals surface area contributed by atoms with Gasteiger partial charge in [0, 0.05) is 35.9 Å². The van der Waals surface area contributed by atoms with Crippen molar-refractivity contribution in [3.05, 3.63) is 41.8 Å². The topological polar surface area (TPSA) is 94.6 Å². The van der Waals surface area contributed by atoms with Crippen LogP contribution in [-0.2, 0) is 24.1 Å². The first-order valence-corrected chi connectivity index (χ1v) is 12.6. The van der Waals surface area contributed by atoms with Gasteiger partial charge in [0.1, 0.15) is 11.9 Å². The number of ether oxygens (including phenoxy) is 2. The van der Waals surface area contributed by atoms with Crippen molar-refractivity contribution >= 4 is 21.4 Å². The first-order valence-electron chi connectivity index (χ1n) is 10.7. The number of hydrogen-bond donors (Lipinski definition) is 1. The molecule has 194 valence electrons. The van der Waals surface area contributed by atoms with E-state index in [4.69, 9.17) is 9.47 Å². The van der Waals surface area contributed by atoms with Gasteiger partial charge in [0.25, 0.3) is 5.91 Å². The molecule has 1 fully saturated rings. The number of sulfone groups is 1. The van der Waals surface area contributed by atoms with Gasteiger partial charge in [-0.15, -0.1) is 0 Å². The van der Waals surface area contributed by atoms with Crippen LogP contribution >= 0.6 is 0 Å². The van der Waals surface area contributed by atoms with E-state index in [0.717, 1.165) is 31.5 Å². The zero-order valence-corrected chi connectivity index (χ0v) is 20.1. The fourth-order valence-electron chi connectivity index (χ4n) is 4.46. The quantitative estimate of drug-likeness (QED) is 0.552. The Hall–Kier alpha value is -2.54. The Morgan fingerprint density at radius 2 is 2.00 bits per heavy atom. The van der Waals surface area contributed by atoms with Crippen molar-refractivity contribution in [2.24, 2.45) is 17.8 Å². The van der Waals surface area contributed by atoms with Crippen molar-refractivity contribution in [1.29, 1.82) is 0 Å². The number of aromatic nitrogens is 1. The Kier molecular flexibility index (Phi) is 7.34. The molecule has 1 aromatic heterocycles. The molecule has 3 rings (SSSR count). The SMILES string of the molecule is CCOC1=C(F)C(F)=CCC1[C@@H]1[C@@H](C(=O)Nc2ccnc(S(C)(=O)=O)c2)O[C@](C)(C(F)(F)F)[C@@H]1C. The summed E-state index contributed by atoms with van der Waals surface area (Å²) in [6.45, 7) is 3.46. The number of anilines is 1. The minimum absolute atomic E-state index is 0.0395. The third kappa shape index (κ3) is 5.06. The maximum Gasteiger partial charge on any atom is 0.417 e. The molecule has 0 bridgehead atoms. The summed E-state index contributed by atoms with van der Waals surface area (Å²) >= 11 is 0. The zero-order chi connectivity index (χ0) is 26.3. The summed E-state index contributed by atoms with van der Waals surface area (Å²) in [5, 5.41) is 2.01. The Morgan fingerprint density at radius 3 is 2.57 bits per heavy atom. The van der Waals surface area contributed by atoms with Crippen molar-refractivity contribution < 1.29 is 44.6 Å². The molecule has 35 heavy (non-hydrogen) atoms. The van der Waals surface area contributed by atoms with Gasteiger partial charge in [-0.3, -0.25) is 4.79 Å². The van der Waals surface area contributed by atoms with Crippen LogP contribution in [0.25, 0.3) is 0 Å². The number of rotatable bonds is 6. The van der Waals surface area contributed by atoms with E-state index in [9.17, 15) is 35.2 Å². The second-order valence-electron chi connectivity index (χ2n) is 8.66. The molecule has 1 saturated heterocycles. The van der Waals surface area contributed by atoms with Gasteiger partial charge in [0.05, 0.1) is 6.61 Å². The van der Waals surface area contributed by atoms with E-state index in [1.165, 1.54) is 19.9 Å². The molecule has 13 heteroatoms. The molecular formula is C22H25F5N2O5S. The second-order valence-corrected chi connectivity index (χ2v) is 10.6. The van der Waals surface area contributed by atoms with Crippen LogP contribution in [0.4, 0.5) is 27.6 Å². The molecular weight excluding hydrogens is 499 g/mol. The lowest BCUT2D eigenvalue weighted by molar-refractivity contribution is -0.272. The Morgan fingerprint density at radius 1 is 1.34 bits per heavy atom. The standard InChI is InChI=1S/C22H25F5N2O5S/c1-5-33-18-13(6-7-14(23)17(18)24)16-11(2)21(3,22(25,26)27)34-19(16)20(30)29-12-8-9-28-15(10-12)35(4,31)32/h7-11,13,16,19H,5-6H2,1-4H3,(H,28,29,30)/t11-,13?,16-,19+,21+/m1/s1. The van der Waals surface area contributed by atoms with E-state index < -0.39 is 68.8 Å². The van der Waals surface area contributed by atoms with Gasteiger partial charge in [-0.2, -0.15) is 13.2 Å². The highest BCUT2D eigenvalue weighted by molar-refractivity contribution is 7.90. The summed E-state index contributed by atoms with van der Waals surface area (Å²) in [4.78, 5) is 16.9. The van der Waals surface area contributed by atoms with E-state index in [1.54, 1.807) is 0 Å². The summed E-state index contributed by atoms with van der Waals surface area (Å²) in [6.07, 6.45) is -3.92. The number of hydrogen-bond acceptors (Lipinski definition) is 6. The van der Waals surface area contributed by atoms with Gasteiger partial charge in [-0.25, -0.2) is 22.2 Å². The first kappa shape index (κ1) is 27.1. The Labute approximate surface area is 199 Å². The summed E-state index contributed by atoms with van der Waals surface area (Å²) < 4.78 is 105. The minimum atomic E-state index is -4.89. The molecule has 0 radical (unpaired) electrons. The lowest BCUT2D eigenvalue weighted by atomic mass is 9.71. The highest BCUT2D eigenvalue weighted by Crippen LogP contribution is 2.54. The predicted molar refractivity (Wildman–Crippen MR) is 115 cm³/mol. The molecule has 1 amide bonds. The average Bonchev–Trinajstić information content (AvgIpc) is 3.03. The van der Waals surface area contributed by atoms with E-state index in [0.29, 0.717) is 0 Å². The van der Waals surface area contributed by atoms with Crippen molar-refractivity contribution in [2.75, 3.05) is 18.2 Å². The number of alkyl halides is 3. The normalized spacial score (nSPS) is 29.7. The molecule has 1 aromatic rings. The maximum absolute atomic E-state index is 14.6. The third-order valence-electron chi connectivity index (χ3n) is 6.45. The van der Waals surface area contributed by atoms with E-state index in [1.807, 2.05) is 0 Å². The lowest BCUT2D eigenvalue weighted by Crippen LogP contribution is -2.47. The van der Waals surface area contributed by atoms with Crippen LogP contribution in [0.5, 0.6) is 0 Å². The molecule has 2 heterocycles. The number of carbonyl (C=O) groups excluding carboxylic acids is 1. The monoisotopic (exact) mass is 524 g/mol. The summed E-state index contributed by atoms with van der Waals surface area (Å²) in [7, 11) is -3.73. The largest absolute Gasteiger partial charge is 0.495 e. The number of allylic oxidation sites excluding steroid dienone is 4. The summed E-state index contributed by atoms with van der Waals surface area (Å²) in [5.41, 5.74) is -2.81. The molecule has 1 aliphatic carbocycles. The highest BCUT2D eigenvalue weighted by Gasteiger charge is 2.66. The number of pyridine rings is 1. The van der Waals surface area contributed by atoms with Crippen LogP contribution in [-0.4, -0.2) is 50.1 Å². The molecule has 7 nitrogen and oxygen atoms in total. The van der Waals surface area contributed by atoms with Gasteiger partial charge in [0.15, 0.2) is 32.1 Å². The molecule has 0 aromatic carbocycles. The van der Waals surface area contributed by atoms with Crippen LogP contribution in [0.15, 0.2) is 46.8 Å². The zero-order valence-electron chi connectivity index (χ0n) is 19.3. The maximum atomic E-state index is 14.6. The van der Waals surface area contributed by atoms with Crippen molar-refractivity contribution in [2.45, 2.75) is 50.1 Å². The lowest BCUT2D eigenvalue weighted by Gasteiger charge is -2.35. The van der Waals surface area contributed by atoms with Gasteiger partial charge < -0.3 is 14.8 Å². The number of nitrogens with one attached hydrogen (secondary N) is 1. The minimum Gasteiger partial charge on any atom is -0.495 e. The van der Waals surface area contributed by atoms with Crippen LogP contribution in [0, 0.1) is 17.8 Å². The number of amides is 1. The Bertz CT molecular complexity index is 1170. The predicted octanol–water partition coefficient (Wildman–Crippen LogP) is 4.49. The fraction of sp³-hybridized carbons (Fsp3) is 0.545. The average molecular weight is 525 g/mol. The number of halogens is 5. The molecule has 0 saturated carbocycles. The van der Waals surface area contributed by atoms with Gasteiger partial charge in [0.2, 0.25) is 0 Å². The number of carbonyl (C=O) groups is 1. The van der Waals surface area contributed by atoms with Crippen LogP contribution in [0.3, 0.4) is 0 Å². The third-order valence-corrected chi connectivity index (χ3v) is 7.43. The van der Waals surface area contributed by atoms with Crippen molar-refractivity contribution in [3.63, 3.8) is 0 Å². The fourth-order valence-corrected chi connectivity index (χ4v) is 5.05. The highest BCUT2D eigenvalue weighted by atomic mass is 32.2. The first-order chi connectivity index (χ1) is 16.1. The van der Waals surface area contributed by atoms with E-state index in [2.05, 4.69) is 10.3 Å². The molecule has 1 aliphatic heterocycles. The molecule has 2 aliphatic rings. The summed E-state index contributed by atoms with van der Waals surface area (Å²) in [6, 6.07) is 2.31. The van der Waals surface area contributed by atoms with Gasteiger partial charge in [-0.05, 0) is 38.5 Å². The van der Waals surface area contributed by atoms with Crippen LogP contribution < -0.4 is 5.32 Å². The second kappa shape index (κ2) is 9.49.